The van der Waals surface area contributed by atoms with E-state index in [-0.39, 0.29) is 6.61 Å². The zero-order valence-electron chi connectivity index (χ0n) is 11.2. The Morgan fingerprint density at radius 1 is 1.35 bits per heavy atom. The van der Waals surface area contributed by atoms with Crippen molar-refractivity contribution in [3.8, 4) is 17.6 Å². The van der Waals surface area contributed by atoms with Crippen LogP contribution in [0.15, 0.2) is 30.3 Å². The lowest BCUT2D eigenvalue weighted by Gasteiger charge is -2.10. The normalized spacial score (nSPS) is 9.90. The summed E-state index contributed by atoms with van der Waals surface area (Å²) in [5, 5.41) is 9.45. The standard InChI is InChI=1S/C15H13ClN2O2/c1-10-6-12(19-2)7-11(18-10)9-20-15-5-3-4-14(16)13(15)8-17/h3-7H,9H2,1-2H3. The van der Waals surface area contributed by atoms with E-state index in [2.05, 4.69) is 4.98 Å². The highest BCUT2D eigenvalue weighted by molar-refractivity contribution is 6.31. The maximum atomic E-state index is 9.07. The topological polar surface area (TPSA) is 55.1 Å². The van der Waals surface area contributed by atoms with E-state index in [0.717, 1.165) is 17.1 Å². The van der Waals surface area contributed by atoms with Gasteiger partial charge in [0.25, 0.3) is 0 Å². The molecule has 1 aromatic heterocycles. The Morgan fingerprint density at radius 3 is 2.85 bits per heavy atom. The zero-order valence-corrected chi connectivity index (χ0v) is 11.9. The van der Waals surface area contributed by atoms with Gasteiger partial charge in [0.2, 0.25) is 0 Å². The van der Waals surface area contributed by atoms with Crippen LogP contribution in [0.25, 0.3) is 0 Å². The summed E-state index contributed by atoms with van der Waals surface area (Å²) >= 11 is 5.95. The van der Waals surface area contributed by atoms with E-state index in [0.29, 0.717) is 16.3 Å². The lowest BCUT2D eigenvalue weighted by atomic mass is 10.2. The number of benzene rings is 1. The van der Waals surface area contributed by atoms with Gasteiger partial charge in [0.05, 0.1) is 17.8 Å². The van der Waals surface area contributed by atoms with Gasteiger partial charge in [0.15, 0.2) is 0 Å². The van der Waals surface area contributed by atoms with Crippen LogP contribution >= 0.6 is 11.6 Å². The van der Waals surface area contributed by atoms with E-state index in [1.54, 1.807) is 31.4 Å². The first-order valence-corrected chi connectivity index (χ1v) is 6.35. The van der Waals surface area contributed by atoms with E-state index in [4.69, 9.17) is 26.3 Å². The Hall–Kier alpha value is -2.25. The first kappa shape index (κ1) is 14.2. The van der Waals surface area contributed by atoms with Gasteiger partial charge in [0.1, 0.15) is 29.7 Å². The van der Waals surface area contributed by atoms with Gasteiger partial charge < -0.3 is 9.47 Å². The number of nitriles is 1. The van der Waals surface area contributed by atoms with E-state index < -0.39 is 0 Å². The first-order valence-electron chi connectivity index (χ1n) is 5.97. The minimum Gasteiger partial charge on any atom is -0.497 e. The Bertz CT molecular complexity index is 665. The van der Waals surface area contributed by atoms with E-state index >= 15 is 0 Å². The summed E-state index contributed by atoms with van der Waals surface area (Å²) < 4.78 is 10.8. The predicted molar refractivity (Wildman–Crippen MR) is 76.0 cm³/mol. The second kappa shape index (κ2) is 6.27. The Labute approximate surface area is 122 Å². The molecule has 20 heavy (non-hydrogen) atoms. The lowest BCUT2D eigenvalue weighted by molar-refractivity contribution is 0.299. The van der Waals surface area contributed by atoms with E-state index in [1.165, 1.54) is 0 Å². The lowest BCUT2D eigenvalue weighted by Crippen LogP contribution is -2.01. The fourth-order valence-corrected chi connectivity index (χ4v) is 1.99. The van der Waals surface area contributed by atoms with Crippen molar-refractivity contribution in [2.45, 2.75) is 13.5 Å². The molecule has 0 N–H and O–H groups in total. The largest absolute Gasteiger partial charge is 0.497 e. The molecule has 1 aromatic carbocycles. The van der Waals surface area contributed by atoms with Crippen molar-refractivity contribution in [2.75, 3.05) is 7.11 Å². The third-order valence-electron chi connectivity index (χ3n) is 2.68. The number of hydrogen-bond donors (Lipinski definition) is 0. The molecule has 0 spiro atoms. The molecule has 4 nitrogen and oxygen atoms in total. The van der Waals surface area contributed by atoms with Crippen LogP contribution in [0.1, 0.15) is 17.0 Å². The second-order valence-corrected chi connectivity index (χ2v) is 4.56. The van der Waals surface area contributed by atoms with Crippen LogP contribution in [0, 0.1) is 18.3 Å². The van der Waals surface area contributed by atoms with Gasteiger partial charge in [-0.05, 0) is 19.1 Å². The molecule has 0 amide bonds. The third kappa shape index (κ3) is 3.19. The molecule has 0 aliphatic carbocycles. The molecule has 0 radical (unpaired) electrons. The van der Waals surface area contributed by atoms with E-state index in [1.807, 2.05) is 19.1 Å². The van der Waals surface area contributed by atoms with Gasteiger partial charge in [-0.3, -0.25) is 4.98 Å². The first-order chi connectivity index (χ1) is 9.63. The van der Waals surface area contributed by atoms with Crippen molar-refractivity contribution in [3.63, 3.8) is 0 Å². The number of methoxy groups -OCH3 is 1. The molecule has 2 rings (SSSR count). The summed E-state index contributed by atoms with van der Waals surface area (Å²) in [6.45, 7) is 2.12. The number of ether oxygens (including phenoxy) is 2. The van der Waals surface area contributed by atoms with Crippen LogP contribution in [0.5, 0.6) is 11.5 Å². The summed E-state index contributed by atoms with van der Waals surface area (Å²) in [6, 6.07) is 10.8. The second-order valence-electron chi connectivity index (χ2n) is 4.15. The van der Waals surface area contributed by atoms with Crippen LogP contribution < -0.4 is 9.47 Å². The van der Waals surface area contributed by atoms with Gasteiger partial charge in [-0.1, -0.05) is 17.7 Å². The summed E-state index contributed by atoms with van der Waals surface area (Å²) in [6.07, 6.45) is 0. The van der Waals surface area contributed by atoms with Crippen molar-refractivity contribution < 1.29 is 9.47 Å². The van der Waals surface area contributed by atoms with Gasteiger partial charge in [0, 0.05) is 17.8 Å². The van der Waals surface area contributed by atoms with Crippen molar-refractivity contribution in [3.05, 3.63) is 52.3 Å². The fraction of sp³-hybridized carbons (Fsp3) is 0.200. The van der Waals surface area contributed by atoms with E-state index in [9.17, 15) is 0 Å². The predicted octanol–water partition coefficient (Wildman–Crippen LogP) is 3.50. The zero-order chi connectivity index (χ0) is 14.5. The highest BCUT2D eigenvalue weighted by Crippen LogP contribution is 2.26. The molecule has 1 heterocycles. The fourth-order valence-electron chi connectivity index (χ4n) is 1.78. The molecule has 102 valence electrons. The molecule has 0 saturated carbocycles. The number of rotatable bonds is 4. The average Bonchev–Trinajstić information content (AvgIpc) is 2.44. The van der Waals surface area contributed by atoms with Crippen molar-refractivity contribution in [1.29, 1.82) is 5.26 Å². The quantitative estimate of drug-likeness (QED) is 0.864. The molecule has 0 fully saturated rings. The SMILES string of the molecule is COc1cc(C)nc(COc2cccc(Cl)c2C#N)c1. The Morgan fingerprint density at radius 2 is 2.15 bits per heavy atom. The Kier molecular flexibility index (Phi) is 4.44. The van der Waals surface area contributed by atoms with Gasteiger partial charge >= 0.3 is 0 Å². The van der Waals surface area contributed by atoms with Gasteiger partial charge in [-0.15, -0.1) is 0 Å². The summed E-state index contributed by atoms with van der Waals surface area (Å²) in [5.74, 6) is 1.17. The highest BCUT2D eigenvalue weighted by Gasteiger charge is 2.08. The number of pyridine rings is 1. The Balaban J connectivity index is 2.19. The summed E-state index contributed by atoms with van der Waals surface area (Å²) in [4.78, 5) is 4.35. The van der Waals surface area contributed by atoms with Gasteiger partial charge in [-0.2, -0.15) is 5.26 Å². The monoisotopic (exact) mass is 288 g/mol. The van der Waals surface area contributed by atoms with Crippen LogP contribution in [0.2, 0.25) is 5.02 Å². The molecular formula is C15H13ClN2O2. The number of nitrogens with zero attached hydrogens (tertiary/aromatic N) is 2. The number of aryl methyl sites for hydroxylation is 1. The van der Waals surface area contributed by atoms with Gasteiger partial charge in [-0.25, -0.2) is 0 Å². The number of hydrogen-bond acceptors (Lipinski definition) is 4. The van der Waals surface area contributed by atoms with Crippen molar-refractivity contribution in [2.24, 2.45) is 0 Å². The molecule has 0 bridgehead atoms. The molecule has 0 unspecified atom stereocenters. The smallest absolute Gasteiger partial charge is 0.139 e. The number of aromatic nitrogens is 1. The van der Waals surface area contributed by atoms with Crippen LogP contribution in [0.4, 0.5) is 0 Å². The molecule has 0 saturated heterocycles. The minimum atomic E-state index is 0.243. The van der Waals surface area contributed by atoms with Crippen LogP contribution in [-0.2, 0) is 6.61 Å². The molecule has 0 aliphatic heterocycles. The maximum Gasteiger partial charge on any atom is 0.139 e. The highest BCUT2D eigenvalue weighted by atomic mass is 35.5. The van der Waals surface area contributed by atoms with Crippen molar-refractivity contribution in [1.82, 2.24) is 4.98 Å². The number of halogens is 1. The summed E-state index contributed by atoms with van der Waals surface area (Å²) in [7, 11) is 1.60. The van der Waals surface area contributed by atoms with Crippen molar-refractivity contribution >= 4 is 11.6 Å². The molecule has 0 aliphatic rings. The molecular weight excluding hydrogens is 276 g/mol. The minimum absolute atomic E-state index is 0.243. The van der Waals surface area contributed by atoms with Crippen LogP contribution in [-0.4, -0.2) is 12.1 Å². The summed E-state index contributed by atoms with van der Waals surface area (Å²) in [5.41, 5.74) is 1.90. The molecule has 0 atom stereocenters. The molecule has 5 heteroatoms. The average molecular weight is 289 g/mol. The molecule has 2 aromatic rings. The maximum absolute atomic E-state index is 9.07. The third-order valence-corrected chi connectivity index (χ3v) is 2.99. The van der Waals surface area contributed by atoms with Crippen LogP contribution in [0.3, 0.4) is 0 Å².